The van der Waals surface area contributed by atoms with Gasteiger partial charge in [0.2, 0.25) is 0 Å². The molecule has 13 heteroatoms. The number of nitrogens with two attached hydrogens (primary N) is 1. The summed E-state index contributed by atoms with van der Waals surface area (Å²) in [6, 6.07) is 7.22. The van der Waals surface area contributed by atoms with Gasteiger partial charge in [-0.15, -0.1) is 0 Å². The minimum Gasteiger partial charge on any atom is -0.504 e. The quantitative estimate of drug-likeness (QED) is 0.0394. The summed E-state index contributed by atoms with van der Waals surface area (Å²) in [6.45, 7) is 6.30. The largest absolute Gasteiger partial charge is 0.504 e. The number of hydrogen-bond acceptors (Lipinski definition) is 13. The minimum absolute atomic E-state index is 0.0408. The molecule has 0 saturated heterocycles. The first-order valence-electron chi connectivity index (χ1n) is 14.5. The Kier molecular flexibility index (Phi) is 16.0. The number of esters is 1. The number of unbranched alkanes of at least 4 members (excludes halogenated alkanes) is 1. The van der Waals surface area contributed by atoms with E-state index < -0.39 is 29.6 Å². The fourth-order valence-corrected chi connectivity index (χ4v) is 4.07. The van der Waals surface area contributed by atoms with Crippen LogP contribution in [-0.4, -0.2) is 102 Å². The van der Waals surface area contributed by atoms with Crippen LogP contribution in [0.3, 0.4) is 0 Å². The van der Waals surface area contributed by atoms with E-state index in [1.165, 1.54) is 43.3 Å². The van der Waals surface area contributed by atoms with Gasteiger partial charge in [-0.2, -0.15) is 0 Å². The molecule has 0 aromatic heterocycles. The van der Waals surface area contributed by atoms with Gasteiger partial charge in [-0.3, -0.25) is 9.59 Å². The van der Waals surface area contributed by atoms with Crippen molar-refractivity contribution in [1.82, 2.24) is 21.3 Å². The van der Waals surface area contributed by atoms with Crippen LogP contribution < -0.4 is 27.0 Å². The SMILES string of the molecule is CC(OC(=O)c1cccc(O)c1O)C(N)C(=O)CNCCCNCCCCNCCCNCC(=O)c1cccc(O)c1O. The van der Waals surface area contributed by atoms with E-state index >= 15 is 0 Å². The van der Waals surface area contributed by atoms with Gasteiger partial charge in [-0.05, 0) is 96.1 Å². The number of nitrogens with one attached hydrogen (secondary N) is 4. The molecule has 0 fully saturated rings. The van der Waals surface area contributed by atoms with Crippen molar-refractivity contribution >= 4 is 17.5 Å². The summed E-state index contributed by atoms with van der Waals surface area (Å²) in [7, 11) is 0. The van der Waals surface area contributed by atoms with Crippen LogP contribution in [0.1, 0.15) is 53.3 Å². The smallest absolute Gasteiger partial charge is 0.342 e. The highest BCUT2D eigenvalue weighted by molar-refractivity contribution is 6.00. The second-order valence-corrected chi connectivity index (χ2v) is 10.1. The molecule has 2 atom stereocenters. The van der Waals surface area contributed by atoms with Crippen LogP contribution in [0, 0.1) is 0 Å². The van der Waals surface area contributed by atoms with Gasteiger partial charge in [0, 0.05) is 0 Å². The van der Waals surface area contributed by atoms with Crippen LogP contribution in [0.2, 0.25) is 0 Å². The fourth-order valence-electron chi connectivity index (χ4n) is 4.07. The van der Waals surface area contributed by atoms with Gasteiger partial charge in [-0.25, -0.2) is 4.79 Å². The maximum atomic E-state index is 12.3. The molecule has 2 aromatic rings. The van der Waals surface area contributed by atoms with Gasteiger partial charge < -0.3 is 52.2 Å². The maximum Gasteiger partial charge on any atom is 0.342 e. The van der Waals surface area contributed by atoms with E-state index in [4.69, 9.17) is 10.5 Å². The highest BCUT2D eigenvalue weighted by Gasteiger charge is 2.25. The van der Waals surface area contributed by atoms with Crippen molar-refractivity contribution < 1.29 is 39.5 Å². The van der Waals surface area contributed by atoms with Crippen molar-refractivity contribution in [3.8, 4) is 23.0 Å². The maximum absolute atomic E-state index is 12.3. The zero-order valence-corrected chi connectivity index (χ0v) is 24.6. The molecule has 13 nitrogen and oxygen atoms in total. The molecule has 0 aliphatic heterocycles. The number of hydrogen-bond donors (Lipinski definition) is 9. The topological polar surface area (TPSA) is 215 Å². The Labute approximate surface area is 251 Å². The van der Waals surface area contributed by atoms with E-state index in [0.29, 0.717) is 13.1 Å². The lowest BCUT2D eigenvalue weighted by molar-refractivity contribution is -0.121. The Bertz CT molecular complexity index is 1180. The predicted molar refractivity (Wildman–Crippen MR) is 162 cm³/mol. The molecule has 0 saturated carbocycles. The third-order valence-electron chi connectivity index (χ3n) is 6.68. The standard InChI is InChI=1S/C30H45N5O8/c1-20(43-30(42)22-9-5-11-24(37)29(22)41)27(31)26(39)19-35-17-7-15-33-13-3-2-12-32-14-6-16-34-18-25(38)21-8-4-10-23(36)28(21)40/h4-5,8-11,20,27,32-37,40-41H,2-3,6-7,12-19,31H2,1H3. The number of phenolic OH excluding ortho intramolecular Hbond substituents is 4. The molecule has 0 amide bonds. The molecular formula is C30H45N5O8. The molecule has 2 unspecified atom stereocenters. The van der Waals surface area contributed by atoms with E-state index in [0.717, 1.165) is 51.9 Å². The Morgan fingerprint density at radius 1 is 0.698 bits per heavy atom. The van der Waals surface area contributed by atoms with Crippen LogP contribution in [0.4, 0.5) is 0 Å². The Morgan fingerprint density at radius 3 is 1.74 bits per heavy atom. The van der Waals surface area contributed by atoms with Gasteiger partial charge in [0.1, 0.15) is 17.7 Å². The van der Waals surface area contributed by atoms with Crippen molar-refractivity contribution in [2.24, 2.45) is 5.73 Å². The highest BCUT2D eigenvalue weighted by Crippen LogP contribution is 2.29. The lowest BCUT2D eigenvalue weighted by Crippen LogP contribution is -2.46. The van der Waals surface area contributed by atoms with Crippen molar-refractivity contribution in [2.75, 3.05) is 52.4 Å². The number of aromatic hydroxyl groups is 4. The van der Waals surface area contributed by atoms with E-state index in [9.17, 15) is 34.8 Å². The number of rotatable bonds is 22. The summed E-state index contributed by atoms with van der Waals surface area (Å²) < 4.78 is 5.19. The molecule has 0 aliphatic rings. The Morgan fingerprint density at radius 2 is 1.16 bits per heavy atom. The fraction of sp³-hybridized carbons (Fsp3) is 0.500. The van der Waals surface area contributed by atoms with Gasteiger partial charge in [0.15, 0.2) is 34.6 Å². The van der Waals surface area contributed by atoms with Gasteiger partial charge >= 0.3 is 5.97 Å². The average molecular weight is 604 g/mol. The predicted octanol–water partition coefficient (Wildman–Crippen LogP) is 0.752. The Hall–Kier alpha value is -3.75. The molecule has 2 rings (SSSR count). The Balaban J connectivity index is 1.40. The monoisotopic (exact) mass is 603 g/mol. The molecule has 0 radical (unpaired) electrons. The summed E-state index contributed by atoms with van der Waals surface area (Å²) in [5, 5.41) is 51.4. The van der Waals surface area contributed by atoms with Crippen molar-refractivity contribution in [1.29, 1.82) is 0 Å². The van der Waals surface area contributed by atoms with Crippen LogP contribution in [0.15, 0.2) is 36.4 Å². The molecule has 238 valence electrons. The lowest BCUT2D eigenvalue weighted by atomic mass is 10.1. The number of ether oxygens (including phenoxy) is 1. The third kappa shape index (κ3) is 12.6. The van der Waals surface area contributed by atoms with Crippen molar-refractivity contribution in [2.45, 2.75) is 44.8 Å². The second kappa shape index (κ2) is 19.4. The molecular weight excluding hydrogens is 558 g/mol. The lowest BCUT2D eigenvalue weighted by Gasteiger charge is -2.20. The first kappa shape index (κ1) is 35.4. The first-order chi connectivity index (χ1) is 20.6. The van der Waals surface area contributed by atoms with Crippen LogP contribution in [0.25, 0.3) is 0 Å². The zero-order chi connectivity index (χ0) is 31.6. The number of benzene rings is 2. The number of carbonyl (C=O) groups is 3. The highest BCUT2D eigenvalue weighted by atomic mass is 16.5. The van der Waals surface area contributed by atoms with E-state index in [-0.39, 0.29) is 47.3 Å². The van der Waals surface area contributed by atoms with Crippen molar-refractivity contribution in [3.05, 3.63) is 47.5 Å². The number of carbonyl (C=O) groups excluding carboxylic acids is 3. The number of ketones is 2. The number of Topliss-reactive ketones (excluding diaryl/α,β-unsaturated/α-hetero) is 2. The summed E-state index contributed by atoms with van der Waals surface area (Å²) in [6.07, 6.45) is 2.80. The van der Waals surface area contributed by atoms with E-state index in [1.807, 2.05) is 0 Å². The van der Waals surface area contributed by atoms with Gasteiger partial charge in [-0.1, -0.05) is 12.1 Å². The van der Waals surface area contributed by atoms with E-state index in [1.54, 1.807) is 0 Å². The average Bonchev–Trinajstić information content (AvgIpc) is 2.98. The molecule has 0 aliphatic carbocycles. The van der Waals surface area contributed by atoms with Crippen LogP contribution in [0.5, 0.6) is 23.0 Å². The normalized spacial score (nSPS) is 12.5. The summed E-state index contributed by atoms with van der Waals surface area (Å²) in [5.41, 5.74) is 5.83. The van der Waals surface area contributed by atoms with Crippen LogP contribution >= 0.6 is 0 Å². The number of phenols is 4. The van der Waals surface area contributed by atoms with Crippen molar-refractivity contribution in [3.63, 3.8) is 0 Å². The molecule has 10 N–H and O–H groups in total. The second-order valence-electron chi connectivity index (χ2n) is 10.1. The first-order valence-corrected chi connectivity index (χ1v) is 14.5. The zero-order valence-electron chi connectivity index (χ0n) is 24.6. The number of para-hydroxylation sites is 2. The summed E-state index contributed by atoms with van der Waals surface area (Å²) in [5.74, 6) is -3.19. The molecule has 43 heavy (non-hydrogen) atoms. The molecule has 0 bridgehead atoms. The van der Waals surface area contributed by atoms with Crippen LogP contribution in [-0.2, 0) is 9.53 Å². The third-order valence-corrected chi connectivity index (χ3v) is 6.68. The molecule has 0 spiro atoms. The minimum atomic E-state index is -1.03. The summed E-state index contributed by atoms with van der Waals surface area (Å²) in [4.78, 5) is 36.7. The van der Waals surface area contributed by atoms with Gasteiger partial charge in [0.25, 0.3) is 0 Å². The molecule has 2 aromatic carbocycles. The summed E-state index contributed by atoms with van der Waals surface area (Å²) >= 11 is 0. The van der Waals surface area contributed by atoms with Gasteiger partial charge in [0.05, 0.1) is 18.7 Å². The van der Waals surface area contributed by atoms with E-state index in [2.05, 4.69) is 21.3 Å². The molecule has 0 heterocycles.